The largest absolute Gasteiger partial charge is 0.342 e. The molecule has 6 nitrogen and oxygen atoms in total. The van der Waals surface area contributed by atoms with Crippen molar-refractivity contribution in [2.45, 2.75) is 52.5 Å². The highest BCUT2D eigenvalue weighted by atomic mass is 32.2. The van der Waals surface area contributed by atoms with E-state index in [0.717, 1.165) is 16.8 Å². The van der Waals surface area contributed by atoms with E-state index in [4.69, 9.17) is 0 Å². The van der Waals surface area contributed by atoms with Crippen molar-refractivity contribution in [2.24, 2.45) is 0 Å². The van der Waals surface area contributed by atoms with Gasteiger partial charge < -0.3 is 9.80 Å². The Kier molecular flexibility index (Phi) is 6.68. The topological polar surface area (TPSA) is 74.8 Å². The molecule has 0 aromatic heterocycles. The standard InChI is InChI=1S/C20H30N2O4S/c1-14(2)18-8-6-7-15(3)20(18)22(16(4)23)11-9-19(24)21(5)17-10-12-27(25,26)13-17/h6-8,14,17H,9-13H2,1-5H3. The van der Waals surface area contributed by atoms with E-state index in [1.54, 1.807) is 11.9 Å². The van der Waals surface area contributed by atoms with Crippen LogP contribution in [0.5, 0.6) is 0 Å². The summed E-state index contributed by atoms with van der Waals surface area (Å²) in [6.07, 6.45) is 0.648. The third kappa shape index (κ3) is 5.09. The van der Waals surface area contributed by atoms with Crippen LogP contribution in [-0.4, -0.2) is 56.3 Å². The van der Waals surface area contributed by atoms with E-state index >= 15 is 0 Å². The van der Waals surface area contributed by atoms with Gasteiger partial charge in [-0.25, -0.2) is 8.42 Å². The maximum atomic E-state index is 12.6. The molecular weight excluding hydrogens is 364 g/mol. The SMILES string of the molecule is CC(=O)N(CCC(=O)N(C)C1CCS(=O)(=O)C1)c1c(C)cccc1C(C)C. The smallest absolute Gasteiger partial charge is 0.224 e. The van der Waals surface area contributed by atoms with Gasteiger partial charge in [0, 0.05) is 38.7 Å². The Balaban J connectivity index is 2.14. The van der Waals surface area contributed by atoms with Gasteiger partial charge in [-0.1, -0.05) is 32.0 Å². The fourth-order valence-corrected chi connectivity index (χ4v) is 5.39. The second-order valence-corrected chi connectivity index (χ2v) is 9.88. The van der Waals surface area contributed by atoms with E-state index in [0.29, 0.717) is 6.42 Å². The summed E-state index contributed by atoms with van der Waals surface area (Å²) < 4.78 is 23.3. The first-order valence-electron chi connectivity index (χ1n) is 9.37. The summed E-state index contributed by atoms with van der Waals surface area (Å²) >= 11 is 0. The first-order chi connectivity index (χ1) is 12.5. The highest BCUT2D eigenvalue weighted by Gasteiger charge is 2.33. The third-order valence-corrected chi connectivity index (χ3v) is 6.99. The Hall–Kier alpha value is -1.89. The van der Waals surface area contributed by atoms with Gasteiger partial charge in [-0.2, -0.15) is 0 Å². The van der Waals surface area contributed by atoms with Gasteiger partial charge in [-0.15, -0.1) is 0 Å². The van der Waals surface area contributed by atoms with Crippen molar-refractivity contribution in [3.63, 3.8) is 0 Å². The van der Waals surface area contributed by atoms with Gasteiger partial charge in [0.1, 0.15) is 0 Å². The molecule has 0 saturated carbocycles. The van der Waals surface area contributed by atoms with Gasteiger partial charge in [-0.3, -0.25) is 9.59 Å². The van der Waals surface area contributed by atoms with E-state index in [9.17, 15) is 18.0 Å². The number of para-hydroxylation sites is 1. The Labute approximate surface area is 162 Å². The molecule has 0 N–H and O–H groups in total. The number of sulfone groups is 1. The van der Waals surface area contributed by atoms with Gasteiger partial charge in [0.2, 0.25) is 11.8 Å². The lowest BCUT2D eigenvalue weighted by Crippen LogP contribution is -2.40. The first-order valence-corrected chi connectivity index (χ1v) is 11.2. The molecule has 1 fully saturated rings. The number of carbonyl (C=O) groups is 2. The number of hydrogen-bond donors (Lipinski definition) is 0. The fourth-order valence-electron chi connectivity index (χ4n) is 3.61. The number of aryl methyl sites for hydroxylation is 1. The number of rotatable bonds is 6. The monoisotopic (exact) mass is 394 g/mol. The summed E-state index contributed by atoms with van der Waals surface area (Å²) in [4.78, 5) is 28.1. The Morgan fingerprint density at radius 1 is 1.26 bits per heavy atom. The zero-order valence-corrected chi connectivity index (χ0v) is 17.7. The lowest BCUT2D eigenvalue weighted by Gasteiger charge is -2.29. The summed E-state index contributed by atoms with van der Waals surface area (Å²) in [5, 5.41) is 0. The lowest BCUT2D eigenvalue weighted by molar-refractivity contribution is -0.131. The van der Waals surface area contributed by atoms with Crippen LogP contribution >= 0.6 is 0 Å². The minimum absolute atomic E-state index is 0.0287. The van der Waals surface area contributed by atoms with Crippen molar-refractivity contribution in [1.82, 2.24) is 4.90 Å². The van der Waals surface area contributed by atoms with Gasteiger partial charge in [0.05, 0.1) is 11.5 Å². The van der Waals surface area contributed by atoms with Crippen molar-refractivity contribution in [3.8, 4) is 0 Å². The van der Waals surface area contributed by atoms with Crippen molar-refractivity contribution >= 4 is 27.3 Å². The molecule has 1 unspecified atom stereocenters. The molecule has 0 bridgehead atoms. The van der Waals surface area contributed by atoms with Crippen LogP contribution in [0.15, 0.2) is 18.2 Å². The molecular formula is C20H30N2O4S. The van der Waals surface area contributed by atoms with E-state index in [2.05, 4.69) is 13.8 Å². The molecule has 1 aromatic rings. The third-order valence-electron chi connectivity index (χ3n) is 5.24. The van der Waals surface area contributed by atoms with Crippen molar-refractivity contribution in [2.75, 3.05) is 30.0 Å². The predicted octanol–water partition coefficient (Wildman–Crippen LogP) is 2.51. The van der Waals surface area contributed by atoms with Crippen LogP contribution in [0, 0.1) is 6.92 Å². The second-order valence-electron chi connectivity index (χ2n) is 7.65. The van der Waals surface area contributed by atoms with Crippen molar-refractivity contribution < 1.29 is 18.0 Å². The van der Waals surface area contributed by atoms with Crippen LogP contribution in [0.25, 0.3) is 0 Å². The van der Waals surface area contributed by atoms with Gasteiger partial charge in [0.25, 0.3) is 0 Å². The Morgan fingerprint density at radius 3 is 2.44 bits per heavy atom. The summed E-state index contributed by atoms with van der Waals surface area (Å²) in [7, 11) is -1.39. The number of anilines is 1. The maximum Gasteiger partial charge on any atom is 0.224 e. The minimum Gasteiger partial charge on any atom is -0.342 e. The fraction of sp³-hybridized carbons (Fsp3) is 0.600. The summed E-state index contributed by atoms with van der Waals surface area (Å²) in [5.41, 5.74) is 2.95. The summed E-state index contributed by atoms with van der Waals surface area (Å²) in [6, 6.07) is 5.69. The molecule has 0 spiro atoms. The molecule has 2 rings (SSSR count). The molecule has 7 heteroatoms. The highest BCUT2D eigenvalue weighted by molar-refractivity contribution is 7.91. The normalized spacial score (nSPS) is 18.5. The van der Waals surface area contributed by atoms with Crippen molar-refractivity contribution in [3.05, 3.63) is 29.3 Å². The molecule has 1 aromatic carbocycles. The van der Waals surface area contributed by atoms with Crippen LogP contribution in [0.1, 0.15) is 50.7 Å². The zero-order valence-electron chi connectivity index (χ0n) is 16.9. The maximum absolute atomic E-state index is 12.6. The van der Waals surface area contributed by atoms with Gasteiger partial charge in [0.15, 0.2) is 9.84 Å². The van der Waals surface area contributed by atoms with Crippen LogP contribution in [0.3, 0.4) is 0 Å². The second kappa shape index (κ2) is 8.42. The number of hydrogen-bond acceptors (Lipinski definition) is 4. The summed E-state index contributed by atoms with van der Waals surface area (Å²) in [6.45, 7) is 7.91. The molecule has 1 aliphatic heterocycles. The quantitative estimate of drug-likeness (QED) is 0.743. The zero-order chi connectivity index (χ0) is 20.4. The van der Waals surface area contributed by atoms with Crippen LogP contribution < -0.4 is 4.90 Å². The van der Waals surface area contributed by atoms with E-state index in [-0.39, 0.29) is 48.2 Å². The molecule has 0 radical (unpaired) electrons. The average Bonchev–Trinajstić information content (AvgIpc) is 2.94. The molecule has 1 aliphatic rings. The summed E-state index contributed by atoms with van der Waals surface area (Å²) in [5.74, 6) is 0.175. The van der Waals surface area contributed by atoms with Crippen molar-refractivity contribution in [1.29, 1.82) is 0 Å². The Morgan fingerprint density at radius 2 is 1.93 bits per heavy atom. The van der Waals surface area contributed by atoms with Gasteiger partial charge >= 0.3 is 0 Å². The molecule has 150 valence electrons. The highest BCUT2D eigenvalue weighted by Crippen LogP contribution is 2.31. The number of carbonyl (C=O) groups excluding carboxylic acids is 2. The van der Waals surface area contributed by atoms with E-state index in [1.807, 2.05) is 25.1 Å². The van der Waals surface area contributed by atoms with E-state index < -0.39 is 9.84 Å². The average molecular weight is 395 g/mol. The molecule has 2 amide bonds. The molecule has 1 heterocycles. The number of amides is 2. The van der Waals surface area contributed by atoms with Crippen LogP contribution in [-0.2, 0) is 19.4 Å². The molecule has 1 saturated heterocycles. The molecule has 0 aliphatic carbocycles. The number of benzene rings is 1. The predicted molar refractivity (Wildman–Crippen MR) is 108 cm³/mol. The van der Waals surface area contributed by atoms with E-state index in [1.165, 1.54) is 11.8 Å². The minimum atomic E-state index is -3.04. The number of nitrogens with zero attached hydrogens (tertiary/aromatic N) is 2. The van der Waals surface area contributed by atoms with Crippen LogP contribution in [0.4, 0.5) is 5.69 Å². The lowest BCUT2D eigenvalue weighted by atomic mass is 9.97. The van der Waals surface area contributed by atoms with Gasteiger partial charge in [-0.05, 0) is 30.4 Å². The molecule has 1 atom stereocenters. The van der Waals surface area contributed by atoms with Crippen LogP contribution in [0.2, 0.25) is 0 Å². The molecule has 27 heavy (non-hydrogen) atoms. The Bertz CT molecular complexity index is 817. The first kappa shape index (κ1) is 21.4.